The van der Waals surface area contributed by atoms with Crippen LogP contribution in [0.5, 0.6) is 0 Å². The Balaban J connectivity index is 2.41. The topological polar surface area (TPSA) is 63.2 Å². The maximum atomic E-state index is 11.7. The van der Waals surface area contributed by atoms with E-state index in [2.05, 4.69) is 5.32 Å². The summed E-state index contributed by atoms with van der Waals surface area (Å²) >= 11 is 0. The van der Waals surface area contributed by atoms with E-state index in [0.717, 1.165) is 17.9 Å². The summed E-state index contributed by atoms with van der Waals surface area (Å²) in [5.41, 5.74) is 0.989. The van der Waals surface area contributed by atoms with E-state index in [1.165, 1.54) is 0 Å². The number of amides is 1. The van der Waals surface area contributed by atoms with Gasteiger partial charge in [-0.1, -0.05) is 12.1 Å². The molecule has 1 N–H and O–H groups in total. The van der Waals surface area contributed by atoms with Gasteiger partial charge in [0.1, 0.15) is 0 Å². The molecule has 0 aliphatic rings. The van der Waals surface area contributed by atoms with Crippen LogP contribution in [0.4, 0.5) is 4.39 Å². The van der Waals surface area contributed by atoms with Gasteiger partial charge in [-0.25, -0.2) is 12.8 Å². The van der Waals surface area contributed by atoms with Gasteiger partial charge in [0.15, 0.2) is 9.84 Å². The van der Waals surface area contributed by atoms with E-state index in [-0.39, 0.29) is 11.2 Å². The fourth-order valence-electron chi connectivity index (χ4n) is 1.52. The van der Waals surface area contributed by atoms with Crippen molar-refractivity contribution in [2.45, 2.75) is 17.7 Å². The molecule has 0 spiro atoms. The molecule has 0 aromatic heterocycles. The molecule has 0 saturated carbocycles. The molecule has 0 bridgehead atoms. The first-order valence-electron chi connectivity index (χ1n) is 5.77. The van der Waals surface area contributed by atoms with Crippen LogP contribution in [0.15, 0.2) is 41.6 Å². The maximum Gasteiger partial charge on any atom is 0.246 e. The SMILES string of the molecule is CS(=O)(=O)c1ccc(CCCNC(=O)C=CF)cc1. The van der Waals surface area contributed by atoms with E-state index < -0.39 is 15.7 Å². The standard InChI is InChI=1S/C13H16FNO3S/c1-19(17,18)12-6-4-11(5-7-12)3-2-10-15-13(16)8-9-14/h4-9H,2-3,10H2,1H3,(H,15,16). The predicted octanol–water partition coefficient (Wildman–Crippen LogP) is 1.62. The highest BCUT2D eigenvalue weighted by Crippen LogP contribution is 2.11. The highest BCUT2D eigenvalue weighted by molar-refractivity contribution is 7.90. The molecule has 0 aliphatic carbocycles. The van der Waals surface area contributed by atoms with E-state index in [4.69, 9.17) is 0 Å². The van der Waals surface area contributed by atoms with Crippen LogP contribution in [-0.2, 0) is 21.1 Å². The molecular weight excluding hydrogens is 269 g/mol. The molecule has 0 heterocycles. The Morgan fingerprint density at radius 3 is 2.47 bits per heavy atom. The Morgan fingerprint density at radius 2 is 1.95 bits per heavy atom. The van der Waals surface area contributed by atoms with Crippen LogP contribution in [0.2, 0.25) is 0 Å². The van der Waals surface area contributed by atoms with E-state index in [1.54, 1.807) is 24.3 Å². The first-order chi connectivity index (χ1) is 8.93. The molecule has 0 aliphatic heterocycles. The van der Waals surface area contributed by atoms with Crippen molar-refractivity contribution in [3.63, 3.8) is 0 Å². The molecule has 1 aromatic carbocycles. The molecule has 1 rings (SSSR count). The minimum atomic E-state index is -3.16. The Hall–Kier alpha value is -1.69. The highest BCUT2D eigenvalue weighted by Gasteiger charge is 2.05. The second-order valence-corrected chi connectivity index (χ2v) is 6.12. The fraction of sp³-hybridized carbons (Fsp3) is 0.308. The number of hydrogen-bond acceptors (Lipinski definition) is 3. The van der Waals surface area contributed by atoms with Crippen molar-refractivity contribution in [3.8, 4) is 0 Å². The van der Waals surface area contributed by atoms with Gasteiger partial charge >= 0.3 is 0 Å². The fourth-order valence-corrected chi connectivity index (χ4v) is 2.15. The summed E-state index contributed by atoms with van der Waals surface area (Å²) in [4.78, 5) is 11.2. The van der Waals surface area contributed by atoms with Gasteiger partial charge in [0.05, 0.1) is 11.2 Å². The van der Waals surface area contributed by atoms with E-state index in [9.17, 15) is 17.6 Å². The van der Waals surface area contributed by atoms with Gasteiger partial charge in [-0.2, -0.15) is 0 Å². The van der Waals surface area contributed by atoms with Gasteiger partial charge in [0, 0.05) is 18.9 Å². The summed E-state index contributed by atoms with van der Waals surface area (Å²) in [6.45, 7) is 0.441. The summed E-state index contributed by atoms with van der Waals surface area (Å²) < 4.78 is 34.2. The third-order valence-electron chi connectivity index (χ3n) is 2.51. The number of carbonyl (C=O) groups is 1. The molecule has 0 atom stereocenters. The largest absolute Gasteiger partial charge is 0.352 e. The normalized spacial score (nSPS) is 11.7. The van der Waals surface area contributed by atoms with E-state index >= 15 is 0 Å². The summed E-state index contributed by atoms with van der Waals surface area (Å²) in [5.74, 6) is -0.463. The van der Waals surface area contributed by atoms with Crippen LogP contribution in [-0.4, -0.2) is 27.1 Å². The second-order valence-electron chi connectivity index (χ2n) is 4.10. The van der Waals surface area contributed by atoms with Crippen molar-refractivity contribution in [3.05, 3.63) is 42.2 Å². The molecule has 19 heavy (non-hydrogen) atoms. The van der Waals surface area contributed by atoms with E-state index in [1.807, 2.05) is 0 Å². The van der Waals surface area contributed by atoms with Crippen LogP contribution in [0, 0.1) is 0 Å². The Labute approximate surface area is 112 Å². The Bertz CT molecular complexity index is 550. The van der Waals surface area contributed by atoms with Crippen molar-refractivity contribution in [2.75, 3.05) is 12.8 Å². The zero-order valence-electron chi connectivity index (χ0n) is 10.6. The monoisotopic (exact) mass is 285 g/mol. The Morgan fingerprint density at radius 1 is 1.32 bits per heavy atom. The molecule has 104 valence electrons. The van der Waals surface area contributed by atoms with Gasteiger partial charge in [0.2, 0.25) is 5.91 Å². The van der Waals surface area contributed by atoms with Gasteiger partial charge in [-0.3, -0.25) is 4.79 Å². The average Bonchev–Trinajstić information content (AvgIpc) is 2.34. The molecule has 4 nitrogen and oxygen atoms in total. The summed E-state index contributed by atoms with van der Waals surface area (Å²) in [7, 11) is -3.16. The predicted molar refractivity (Wildman–Crippen MR) is 71.1 cm³/mol. The molecule has 0 unspecified atom stereocenters. The van der Waals surface area contributed by atoms with Gasteiger partial charge < -0.3 is 5.32 Å². The lowest BCUT2D eigenvalue weighted by Gasteiger charge is -2.04. The maximum absolute atomic E-state index is 11.7. The van der Waals surface area contributed by atoms with Crippen molar-refractivity contribution in [2.24, 2.45) is 0 Å². The third-order valence-corrected chi connectivity index (χ3v) is 3.64. The molecular formula is C13H16FNO3S. The van der Waals surface area contributed by atoms with Crippen molar-refractivity contribution < 1.29 is 17.6 Å². The third kappa shape index (κ3) is 5.65. The zero-order chi connectivity index (χ0) is 14.3. The number of halogens is 1. The summed E-state index contributed by atoms with van der Waals surface area (Å²) in [6, 6.07) is 6.63. The number of benzene rings is 1. The van der Waals surface area contributed by atoms with Gasteiger partial charge in [-0.15, -0.1) is 0 Å². The van der Waals surface area contributed by atoms with Crippen molar-refractivity contribution in [1.29, 1.82) is 0 Å². The first kappa shape index (κ1) is 15.4. The van der Waals surface area contributed by atoms with Crippen LogP contribution in [0.25, 0.3) is 0 Å². The molecule has 0 fully saturated rings. The molecule has 1 aromatic rings. The summed E-state index contributed by atoms with van der Waals surface area (Å²) in [6.07, 6.45) is 3.59. The van der Waals surface area contributed by atoms with Gasteiger partial charge in [-0.05, 0) is 30.5 Å². The number of hydrogen-bond donors (Lipinski definition) is 1. The minimum absolute atomic E-state index is 0.194. The average molecular weight is 285 g/mol. The van der Waals surface area contributed by atoms with Crippen molar-refractivity contribution >= 4 is 15.7 Å². The number of nitrogens with one attached hydrogen (secondary N) is 1. The minimum Gasteiger partial charge on any atom is -0.352 e. The number of carbonyl (C=O) groups excluding carboxylic acids is 1. The second kappa shape index (κ2) is 7.04. The van der Waals surface area contributed by atoms with Crippen LogP contribution < -0.4 is 5.32 Å². The smallest absolute Gasteiger partial charge is 0.246 e. The number of sulfone groups is 1. The van der Waals surface area contributed by atoms with Crippen molar-refractivity contribution in [1.82, 2.24) is 5.32 Å². The van der Waals surface area contributed by atoms with E-state index in [0.29, 0.717) is 19.4 Å². The first-order valence-corrected chi connectivity index (χ1v) is 7.66. The molecule has 0 radical (unpaired) electrons. The number of aryl methyl sites for hydroxylation is 1. The molecule has 6 heteroatoms. The van der Waals surface area contributed by atoms with Crippen LogP contribution in [0.1, 0.15) is 12.0 Å². The van der Waals surface area contributed by atoms with Crippen LogP contribution >= 0.6 is 0 Å². The van der Waals surface area contributed by atoms with Gasteiger partial charge in [0.25, 0.3) is 0 Å². The van der Waals surface area contributed by atoms with Crippen LogP contribution in [0.3, 0.4) is 0 Å². The molecule has 0 saturated heterocycles. The summed E-state index contributed by atoms with van der Waals surface area (Å²) in [5, 5.41) is 2.53. The zero-order valence-corrected chi connectivity index (χ0v) is 11.4. The quantitative estimate of drug-likeness (QED) is 0.638. The Kier molecular flexibility index (Phi) is 5.69. The lowest BCUT2D eigenvalue weighted by atomic mass is 10.1. The lowest BCUT2D eigenvalue weighted by Crippen LogP contribution is -2.22. The highest BCUT2D eigenvalue weighted by atomic mass is 32.2. The molecule has 1 amide bonds. The lowest BCUT2D eigenvalue weighted by molar-refractivity contribution is -0.116. The number of rotatable bonds is 6.